The first-order chi connectivity index (χ1) is 24.2. The number of rotatable bonds is 17. The number of sulfonamides is 1. The van der Waals surface area contributed by atoms with Crippen molar-refractivity contribution in [1.29, 1.82) is 0 Å². The molecule has 5 aromatic rings. The van der Waals surface area contributed by atoms with E-state index in [1.54, 1.807) is 97.2 Å². The number of nitrogens with zero attached hydrogens (tertiary/aromatic N) is 3. The predicted molar refractivity (Wildman–Crippen MR) is 189 cm³/mol. The highest BCUT2D eigenvalue weighted by Gasteiger charge is 2.28. The summed E-state index contributed by atoms with van der Waals surface area (Å²) < 4.78 is 34.9. The summed E-state index contributed by atoms with van der Waals surface area (Å²) in [6.45, 7) is -0.372. The molecule has 2 heterocycles. The Kier molecular flexibility index (Phi) is 12.2. The van der Waals surface area contributed by atoms with Crippen molar-refractivity contribution >= 4 is 27.4 Å². The van der Waals surface area contributed by atoms with E-state index in [1.165, 1.54) is 0 Å². The number of nitrogens with one attached hydrogen (secondary N) is 2. The number of aliphatic hydroxyl groups is 1. The lowest BCUT2D eigenvalue weighted by Gasteiger charge is -2.24. The van der Waals surface area contributed by atoms with Gasteiger partial charge in [-0.3, -0.25) is 23.7 Å². The van der Waals surface area contributed by atoms with Crippen molar-refractivity contribution in [2.24, 2.45) is 0 Å². The number of pyridine rings is 1. The summed E-state index contributed by atoms with van der Waals surface area (Å²) in [5.74, 6) is -1.02. The predicted octanol–water partition coefficient (Wildman–Crippen LogP) is 3.76. The van der Waals surface area contributed by atoms with Crippen molar-refractivity contribution in [3.05, 3.63) is 143 Å². The van der Waals surface area contributed by atoms with E-state index in [0.717, 1.165) is 16.3 Å². The number of benzene rings is 3. The molecule has 12 nitrogen and oxygen atoms in total. The topological polar surface area (TPSA) is 170 Å². The average molecular weight is 696 g/mol. The quantitative estimate of drug-likeness (QED) is 0.123. The fourth-order valence-corrected chi connectivity index (χ4v) is 6.44. The van der Waals surface area contributed by atoms with E-state index < -0.39 is 46.0 Å². The van der Waals surface area contributed by atoms with E-state index in [0.29, 0.717) is 23.4 Å². The monoisotopic (exact) mass is 695 g/mol. The molecule has 0 aliphatic rings. The lowest BCUT2D eigenvalue weighted by molar-refractivity contribution is -0.130. The van der Waals surface area contributed by atoms with Gasteiger partial charge in [-0.25, -0.2) is 18.4 Å². The van der Waals surface area contributed by atoms with Gasteiger partial charge in [0.05, 0.1) is 24.6 Å². The third-order valence-corrected chi connectivity index (χ3v) is 8.90. The Morgan fingerprint density at radius 3 is 2.14 bits per heavy atom. The number of amides is 1. The minimum absolute atomic E-state index is 0.0120. The summed E-state index contributed by atoms with van der Waals surface area (Å²) >= 11 is 0. The molecule has 5 rings (SSSR count). The Balaban J connectivity index is 1.35. The normalized spacial score (nSPS) is 12.4. The second-order valence-electron chi connectivity index (χ2n) is 11.5. The Bertz CT molecular complexity index is 2030. The molecular formula is C37H37N5O7S. The summed E-state index contributed by atoms with van der Waals surface area (Å²) in [5, 5.41) is 13.9. The summed E-state index contributed by atoms with van der Waals surface area (Å²) in [6, 6.07) is 30.4. The van der Waals surface area contributed by atoms with E-state index in [9.17, 15) is 27.9 Å². The molecule has 0 radical (unpaired) electrons. The molecule has 0 spiro atoms. The Morgan fingerprint density at radius 2 is 1.48 bits per heavy atom. The van der Waals surface area contributed by atoms with Crippen LogP contribution in [0.25, 0.3) is 11.4 Å². The number of Topliss-reactive ketones (excluding diaryl/α,β-unsaturated/α-hetero) is 1. The van der Waals surface area contributed by atoms with Crippen LogP contribution in [0.4, 0.5) is 5.69 Å². The largest absolute Gasteiger partial charge is 0.478 e. The van der Waals surface area contributed by atoms with Gasteiger partial charge < -0.3 is 15.2 Å². The molecule has 3 aromatic carbocycles. The highest BCUT2D eigenvalue weighted by molar-refractivity contribution is 7.91. The van der Waals surface area contributed by atoms with Crippen molar-refractivity contribution in [1.82, 2.24) is 19.9 Å². The van der Waals surface area contributed by atoms with Crippen LogP contribution >= 0.6 is 0 Å². The maximum atomic E-state index is 13.8. The summed E-state index contributed by atoms with van der Waals surface area (Å²) in [4.78, 5) is 49.0. The van der Waals surface area contributed by atoms with E-state index >= 15 is 0 Å². The number of carbonyl (C=O) groups is 2. The van der Waals surface area contributed by atoms with Crippen molar-refractivity contribution in [2.75, 3.05) is 11.3 Å². The highest BCUT2D eigenvalue weighted by Crippen LogP contribution is 2.18. The average Bonchev–Trinajstić information content (AvgIpc) is 3.12. The van der Waals surface area contributed by atoms with Crippen molar-refractivity contribution in [2.45, 2.75) is 43.7 Å². The van der Waals surface area contributed by atoms with Gasteiger partial charge in [0.25, 0.3) is 5.56 Å². The summed E-state index contributed by atoms with van der Waals surface area (Å²) in [6.07, 6.45) is 1.58. The minimum Gasteiger partial charge on any atom is -0.478 e. The lowest BCUT2D eigenvalue weighted by atomic mass is 9.96. The molecule has 50 heavy (non-hydrogen) atoms. The molecule has 2 atom stereocenters. The molecule has 0 fully saturated rings. The van der Waals surface area contributed by atoms with Gasteiger partial charge in [-0.2, -0.15) is 0 Å². The molecule has 2 aromatic heterocycles. The van der Waals surface area contributed by atoms with Gasteiger partial charge in [-0.15, -0.1) is 0 Å². The maximum Gasteiger partial charge on any atom is 0.278 e. The molecular weight excluding hydrogens is 659 g/mol. The number of ether oxygens (including phenoxy) is 1. The first-order valence-electron chi connectivity index (χ1n) is 16.0. The van der Waals surface area contributed by atoms with Crippen molar-refractivity contribution in [3.63, 3.8) is 0 Å². The molecule has 258 valence electrons. The van der Waals surface area contributed by atoms with Gasteiger partial charge in [0, 0.05) is 24.2 Å². The third kappa shape index (κ3) is 10.2. The molecule has 0 bridgehead atoms. The SMILES string of the molecule is O=C(Cn1c(-c2ccccc2)ncc(NS(=O)(=O)Cc2ccccc2)c1=O)N[C@@H](Cc1ccccc1)[C@@H](O)C(=O)CCCOc1ccccn1. The molecule has 0 aliphatic carbocycles. The number of aromatic nitrogens is 3. The maximum absolute atomic E-state index is 13.8. The van der Waals surface area contributed by atoms with Crippen LogP contribution in [-0.2, 0) is 38.3 Å². The molecule has 0 aliphatic heterocycles. The summed E-state index contributed by atoms with van der Waals surface area (Å²) in [7, 11) is -4.02. The Hall–Kier alpha value is -5.66. The van der Waals surface area contributed by atoms with Crippen LogP contribution in [-0.4, -0.2) is 58.5 Å². The van der Waals surface area contributed by atoms with Crippen LogP contribution in [0.15, 0.2) is 126 Å². The molecule has 3 N–H and O–H groups in total. The van der Waals surface area contributed by atoms with Crippen LogP contribution in [0, 0.1) is 0 Å². The number of aliphatic hydroxyl groups excluding tert-OH is 1. The molecule has 1 amide bonds. The van der Waals surface area contributed by atoms with E-state index in [4.69, 9.17) is 4.74 Å². The number of hydrogen-bond donors (Lipinski definition) is 3. The van der Waals surface area contributed by atoms with Crippen LogP contribution in [0.5, 0.6) is 5.88 Å². The Labute approximate surface area is 289 Å². The lowest BCUT2D eigenvalue weighted by Crippen LogP contribution is -2.49. The Morgan fingerprint density at radius 1 is 0.840 bits per heavy atom. The van der Waals surface area contributed by atoms with Gasteiger partial charge in [0.15, 0.2) is 5.78 Å². The number of anilines is 1. The van der Waals surface area contributed by atoms with Gasteiger partial charge in [0.1, 0.15) is 24.2 Å². The zero-order chi connectivity index (χ0) is 35.3. The molecule has 0 saturated heterocycles. The second kappa shape index (κ2) is 17.1. The standard InChI is InChI=1S/C37H37N5O7S/c43-32(19-12-22-49-34-20-10-11-21-38-34)35(45)30(23-27-13-4-1-5-14-27)40-33(44)25-42-36(29-17-8-3-9-18-29)39-24-31(37(42)46)41-50(47,48)26-28-15-6-2-7-16-28/h1-11,13-18,20-21,24,30,35,41,45H,12,19,22-23,25-26H2,(H,40,44)/t30-,35+/m0/s1. The van der Waals surface area contributed by atoms with Gasteiger partial charge in [0.2, 0.25) is 21.8 Å². The fraction of sp³-hybridized carbons (Fsp3) is 0.216. The molecule has 0 unspecified atom stereocenters. The number of carbonyl (C=O) groups excluding carboxylic acids is 2. The van der Waals surface area contributed by atoms with Crippen LogP contribution in [0.1, 0.15) is 24.0 Å². The highest BCUT2D eigenvalue weighted by atomic mass is 32.2. The smallest absolute Gasteiger partial charge is 0.278 e. The first kappa shape index (κ1) is 35.6. The fourth-order valence-electron chi connectivity index (χ4n) is 5.26. The van der Waals surface area contributed by atoms with Gasteiger partial charge in [-0.05, 0) is 30.0 Å². The first-order valence-corrected chi connectivity index (χ1v) is 17.6. The molecule has 13 heteroatoms. The van der Waals surface area contributed by atoms with E-state index in [1.807, 2.05) is 18.2 Å². The van der Waals surface area contributed by atoms with E-state index in [2.05, 4.69) is 20.0 Å². The van der Waals surface area contributed by atoms with Gasteiger partial charge in [-0.1, -0.05) is 97.1 Å². The summed E-state index contributed by atoms with van der Waals surface area (Å²) in [5.41, 5.74) is 0.667. The van der Waals surface area contributed by atoms with Crippen molar-refractivity contribution in [3.8, 4) is 17.3 Å². The van der Waals surface area contributed by atoms with Crippen molar-refractivity contribution < 1.29 is 27.9 Å². The number of hydrogen-bond acceptors (Lipinski definition) is 9. The van der Waals surface area contributed by atoms with Crippen LogP contribution in [0.2, 0.25) is 0 Å². The van der Waals surface area contributed by atoms with Gasteiger partial charge >= 0.3 is 0 Å². The number of ketones is 1. The van der Waals surface area contributed by atoms with E-state index in [-0.39, 0.29) is 36.7 Å². The zero-order valence-electron chi connectivity index (χ0n) is 27.1. The second-order valence-corrected chi connectivity index (χ2v) is 13.2. The molecule has 0 saturated carbocycles. The zero-order valence-corrected chi connectivity index (χ0v) is 27.9. The van der Waals surface area contributed by atoms with Crippen LogP contribution < -0.4 is 20.3 Å². The van der Waals surface area contributed by atoms with Crippen LogP contribution in [0.3, 0.4) is 0 Å². The minimum atomic E-state index is -4.02. The third-order valence-electron chi connectivity index (χ3n) is 7.66.